The van der Waals surface area contributed by atoms with E-state index in [1.807, 2.05) is 19.9 Å². The second kappa shape index (κ2) is 6.21. The van der Waals surface area contributed by atoms with E-state index >= 15 is 0 Å². The summed E-state index contributed by atoms with van der Waals surface area (Å²) >= 11 is 0. The molecule has 2 N–H and O–H groups in total. The molecule has 0 aliphatic carbocycles. The molecule has 0 radical (unpaired) electrons. The Kier molecular flexibility index (Phi) is 4.50. The number of hydrogen-bond acceptors (Lipinski definition) is 5. The number of nitro groups is 1. The number of nitrogens with one attached hydrogen (secondary N) is 2. The molecule has 122 valence electrons. The van der Waals surface area contributed by atoms with Crippen LogP contribution in [0.15, 0.2) is 34.3 Å². The Hall–Kier alpha value is -2.68. The fraction of sp³-hybridized carbons (Fsp3) is 0.214. The summed E-state index contributed by atoms with van der Waals surface area (Å²) in [6, 6.07) is 5.52. The summed E-state index contributed by atoms with van der Waals surface area (Å²) in [5.41, 5.74) is 2.67. The van der Waals surface area contributed by atoms with E-state index in [1.165, 1.54) is 25.3 Å². The molecule has 0 unspecified atom stereocenters. The number of benzene rings is 1. The van der Waals surface area contributed by atoms with Crippen molar-refractivity contribution in [3.63, 3.8) is 0 Å². The van der Waals surface area contributed by atoms with Gasteiger partial charge in [0.25, 0.3) is 15.7 Å². The van der Waals surface area contributed by atoms with E-state index in [0.29, 0.717) is 5.56 Å². The first-order valence-electron chi connectivity index (χ1n) is 6.67. The molecule has 0 spiro atoms. The Morgan fingerprint density at radius 2 is 1.96 bits per heavy atom. The zero-order valence-electron chi connectivity index (χ0n) is 12.8. The van der Waals surface area contributed by atoms with Gasteiger partial charge in [-0.15, -0.1) is 0 Å². The predicted octanol–water partition coefficient (Wildman–Crippen LogP) is 2.16. The van der Waals surface area contributed by atoms with Crippen molar-refractivity contribution in [3.8, 4) is 0 Å². The van der Waals surface area contributed by atoms with Crippen LogP contribution in [0.3, 0.4) is 0 Å². The molecular formula is C14H16N4O4S. The highest BCUT2D eigenvalue weighted by molar-refractivity contribution is 7.89. The third-order valence-corrected chi connectivity index (χ3v) is 4.47. The largest absolute Gasteiger partial charge is 0.362 e. The Labute approximate surface area is 133 Å². The summed E-state index contributed by atoms with van der Waals surface area (Å²) in [6.07, 6.45) is 1.37. The first-order valence-corrected chi connectivity index (χ1v) is 8.15. The molecule has 0 bridgehead atoms. The lowest BCUT2D eigenvalue weighted by atomic mass is 10.2. The highest BCUT2D eigenvalue weighted by Crippen LogP contribution is 2.22. The van der Waals surface area contributed by atoms with Crippen molar-refractivity contribution in [3.05, 3.63) is 56.9 Å². The van der Waals surface area contributed by atoms with Crippen LogP contribution in [-0.4, -0.2) is 24.5 Å². The van der Waals surface area contributed by atoms with Gasteiger partial charge in [0.05, 0.1) is 16.0 Å². The number of rotatable bonds is 5. The van der Waals surface area contributed by atoms with E-state index in [-0.39, 0.29) is 10.6 Å². The van der Waals surface area contributed by atoms with Crippen LogP contribution < -0.4 is 4.83 Å². The summed E-state index contributed by atoms with van der Waals surface area (Å²) in [4.78, 5) is 15.2. The predicted molar refractivity (Wildman–Crippen MR) is 86.0 cm³/mol. The van der Waals surface area contributed by atoms with Gasteiger partial charge in [-0.05, 0) is 32.9 Å². The number of aryl methyl sites for hydroxylation is 3. The van der Waals surface area contributed by atoms with Gasteiger partial charge in [-0.25, -0.2) is 4.83 Å². The number of hydrogen-bond donors (Lipinski definition) is 2. The molecule has 0 saturated carbocycles. The van der Waals surface area contributed by atoms with Crippen molar-refractivity contribution in [2.75, 3.05) is 0 Å². The van der Waals surface area contributed by atoms with Crippen LogP contribution in [0.2, 0.25) is 0 Å². The van der Waals surface area contributed by atoms with Crippen molar-refractivity contribution < 1.29 is 13.3 Å². The van der Waals surface area contributed by atoms with E-state index < -0.39 is 14.9 Å². The van der Waals surface area contributed by atoms with Gasteiger partial charge in [0.2, 0.25) is 0 Å². The average molecular weight is 336 g/mol. The lowest BCUT2D eigenvalue weighted by Crippen LogP contribution is -2.18. The number of sulfonamides is 1. The molecule has 9 heteroatoms. The molecule has 0 fully saturated rings. The first kappa shape index (κ1) is 16.7. The molecule has 2 aromatic rings. The lowest BCUT2D eigenvalue weighted by Gasteiger charge is -2.04. The van der Waals surface area contributed by atoms with Gasteiger partial charge in [-0.3, -0.25) is 10.1 Å². The van der Waals surface area contributed by atoms with Crippen molar-refractivity contribution in [2.24, 2.45) is 5.10 Å². The van der Waals surface area contributed by atoms with Crippen LogP contribution in [-0.2, 0) is 10.0 Å². The SMILES string of the molecule is Cc1cc(/C=N/NS(=O)(=O)c2ccc(C)c([N+](=O)[O-])c2)c(C)[nH]1. The Morgan fingerprint density at radius 3 is 2.52 bits per heavy atom. The van der Waals surface area contributed by atoms with E-state index in [0.717, 1.165) is 23.0 Å². The smallest absolute Gasteiger partial charge is 0.276 e. The molecule has 1 aromatic heterocycles. The molecule has 0 atom stereocenters. The number of nitrogens with zero attached hydrogens (tertiary/aromatic N) is 2. The van der Waals surface area contributed by atoms with Gasteiger partial charge in [0.15, 0.2) is 0 Å². The molecule has 0 aliphatic rings. The number of hydrazone groups is 1. The van der Waals surface area contributed by atoms with Crippen molar-refractivity contribution in [1.29, 1.82) is 0 Å². The van der Waals surface area contributed by atoms with Crippen molar-refractivity contribution in [2.45, 2.75) is 25.7 Å². The molecule has 1 aromatic carbocycles. The summed E-state index contributed by atoms with van der Waals surface area (Å²) in [5, 5.41) is 14.6. The minimum absolute atomic E-state index is 0.214. The molecule has 2 rings (SSSR count). The summed E-state index contributed by atoms with van der Waals surface area (Å²) < 4.78 is 24.3. The van der Waals surface area contributed by atoms with Crippen molar-refractivity contribution in [1.82, 2.24) is 9.82 Å². The Balaban J connectivity index is 2.24. The standard InChI is InChI=1S/C14H16N4O4S/c1-9-4-5-13(7-14(9)18(19)20)23(21,22)17-15-8-12-6-10(2)16-11(12)3/h4-8,16-17H,1-3H3/b15-8+. The third-order valence-electron chi connectivity index (χ3n) is 3.25. The number of nitro benzene ring substituents is 1. The maximum atomic E-state index is 12.1. The molecule has 23 heavy (non-hydrogen) atoms. The lowest BCUT2D eigenvalue weighted by molar-refractivity contribution is -0.385. The average Bonchev–Trinajstić information content (AvgIpc) is 2.76. The van der Waals surface area contributed by atoms with Crippen LogP contribution in [0.1, 0.15) is 22.5 Å². The van der Waals surface area contributed by atoms with Gasteiger partial charge >= 0.3 is 0 Å². The van der Waals surface area contributed by atoms with E-state index in [2.05, 4.69) is 14.9 Å². The Morgan fingerprint density at radius 1 is 1.26 bits per heavy atom. The molecule has 0 amide bonds. The van der Waals surface area contributed by atoms with Crippen LogP contribution in [0.4, 0.5) is 5.69 Å². The zero-order valence-corrected chi connectivity index (χ0v) is 13.6. The minimum atomic E-state index is -3.97. The molecule has 1 heterocycles. The highest BCUT2D eigenvalue weighted by Gasteiger charge is 2.19. The van der Waals surface area contributed by atoms with Crippen molar-refractivity contribution >= 4 is 21.9 Å². The molecular weight excluding hydrogens is 320 g/mol. The topological polar surface area (TPSA) is 117 Å². The fourth-order valence-corrected chi connectivity index (χ4v) is 2.86. The van der Waals surface area contributed by atoms with Gasteiger partial charge in [-0.2, -0.15) is 13.5 Å². The molecule has 0 saturated heterocycles. The number of aromatic amines is 1. The van der Waals surface area contributed by atoms with Gasteiger partial charge in [0, 0.05) is 28.6 Å². The summed E-state index contributed by atoms with van der Waals surface area (Å²) in [6.45, 7) is 5.25. The summed E-state index contributed by atoms with van der Waals surface area (Å²) in [7, 11) is -3.97. The minimum Gasteiger partial charge on any atom is -0.362 e. The van der Waals surface area contributed by atoms with Crippen LogP contribution >= 0.6 is 0 Å². The van der Waals surface area contributed by atoms with E-state index in [4.69, 9.17) is 0 Å². The maximum Gasteiger partial charge on any atom is 0.276 e. The molecule has 8 nitrogen and oxygen atoms in total. The van der Waals surface area contributed by atoms with E-state index in [1.54, 1.807) is 0 Å². The highest BCUT2D eigenvalue weighted by atomic mass is 32.2. The van der Waals surface area contributed by atoms with Gasteiger partial charge in [-0.1, -0.05) is 6.07 Å². The normalized spacial score (nSPS) is 11.8. The van der Waals surface area contributed by atoms with Crippen LogP contribution in [0.5, 0.6) is 0 Å². The quantitative estimate of drug-likeness (QED) is 0.494. The fourth-order valence-electron chi connectivity index (χ4n) is 2.05. The van der Waals surface area contributed by atoms with Crippen LogP contribution in [0.25, 0.3) is 0 Å². The monoisotopic (exact) mass is 336 g/mol. The maximum absolute atomic E-state index is 12.1. The van der Waals surface area contributed by atoms with Crippen LogP contribution in [0, 0.1) is 30.9 Å². The zero-order chi connectivity index (χ0) is 17.2. The van der Waals surface area contributed by atoms with E-state index in [9.17, 15) is 18.5 Å². The molecule has 0 aliphatic heterocycles. The second-order valence-corrected chi connectivity index (χ2v) is 6.75. The van der Waals surface area contributed by atoms with Gasteiger partial charge < -0.3 is 4.98 Å². The van der Waals surface area contributed by atoms with Gasteiger partial charge in [0.1, 0.15) is 0 Å². The summed E-state index contributed by atoms with van der Waals surface area (Å²) in [5.74, 6) is 0. The Bertz CT molecular complexity index is 884. The first-order chi connectivity index (χ1) is 10.7. The number of aromatic nitrogens is 1. The third kappa shape index (κ3) is 3.75. The second-order valence-electron chi connectivity index (χ2n) is 5.09. The number of H-pyrrole nitrogens is 1.